The Balaban J connectivity index is 1.52. The summed E-state index contributed by atoms with van der Waals surface area (Å²) in [6.45, 7) is 2.40. The number of nitrogens with one attached hydrogen (secondary N) is 1. The summed E-state index contributed by atoms with van der Waals surface area (Å²) in [7, 11) is 1.44. The van der Waals surface area contributed by atoms with Crippen LogP contribution in [0.1, 0.15) is 37.1 Å². The van der Waals surface area contributed by atoms with E-state index in [0.717, 1.165) is 24.2 Å². The number of nitro groups is 1. The lowest BCUT2D eigenvalue weighted by atomic mass is 10.2. The van der Waals surface area contributed by atoms with Gasteiger partial charge in [0.15, 0.2) is 5.16 Å². The van der Waals surface area contributed by atoms with Crippen LogP contribution in [-0.2, 0) is 11.3 Å². The molecule has 1 fully saturated rings. The highest BCUT2D eigenvalue weighted by Crippen LogP contribution is 2.40. The van der Waals surface area contributed by atoms with Crippen molar-refractivity contribution >= 4 is 29.0 Å². The van der Waals surface area contributed by atoms with Gasteiger partial charge in [0.25, 0.3) is 5.69 Å². The molecule has 1 unspecified atom stereocenters. The first-order chi connectivity index (χ1) is 15.5. The molecule has 1 N–H and O–H groups in total. The monoisotopic (exact) mass is 453 g/mol. The summed E-state index contributed by atoms with van der Waals surface area (Å²) < 4.78 is 7.31. The van der Waals surface area contributed by atoms with Crippen molar-refractivity contribution in [3.05, 3.63) is 70.0 Å². The average Bonchev–Trinajstić information content (AvgIpc) is 3.57. The number of ether oxygens (including phenoxy) is 1. The summed E-state index contributed by atoms with van der Waals surface area (Å²) in [6.07, 6.45) is 2.19. The van der Waals surface area contributed by atoms with Crippen LogP contribution in [-0.4, -0.2) is 38.0 Å². The van der Waals surface area contributed by atoms with Gasteiger partial charge in [-0.1, -0.05) is 42.1 Å². The third-order valence-electron chi connectivity index (χ3n) is 5.17. The van der Waals surface area contributed by atoms with Crippen molar-refractivity contribution in [3.8, 4) is 5.75 Å². The van der Waals surface area contributed by atoms with E-state index in [1.807, 2.05) is 18.2 Å². The van der Waals surface area contributed by atoms with Gasteiger partial charge in [0, 0.05) is 18.1 Å². The van der Waals surface area contributed by atoms with Gasteiger partial charge < -0.3 is 14.6 Å². The molecule has 0 aliphatic heterocycles. The molecule has 1 atom stereocenters. The summed E-state index contributed by atoms with van der Waals surface area (Å²) in [5.41, 5.74) is 1.26. The van der Waals surface area contributed by atoms with Crippen molar-refractivity contribution in [1.29, 1.82) is 0 Å². The highest BCUT2D eigenvalue weighted by molar-refractivity contribution is 8.00. The fourth-order valence-electron chi connectivity index (χ4n) is 3.30. The third kappa shape index (κ3) is 4.91. The minimum absolute atomic E-state index is 0.127. The van der Waals surface area contributed by atoms with E-state index in [-0.39, 0.29) is 17.3 Å². The normalized spacial score (nSPS) is 14.1. The van der Waals surface area contributed by atoms with Crippen LogP contribution in [0.25, 0.3) is 0 Å². The minimum Gasteiger partial charge on any atom is -0.495 e. The molecular weight excluding hydrogens is 430 g/mol. The molecular formula is C22H23N5O4S. The smallest absolute Gasteiger partial charge is 0.271 e. The summed E-state index contributed by atoms with van der Waals surface area (Å²) in [6, 6.07) is 14.1. The maximum Gasteiger partial charge on any atom is 0.271 e. The molecule has 1 saturated carbocycles. The van der Waals surface area contributed by atoms with Crippen LogP contribution in [0, 0.1) is 10.1 Å². The van der Waals surface area contributed by atoms with Crippen molar-refractivity contribution in [2.24, 2.45) is 0 Å². The number of hydrogen-bond acceptors (Lipinski definition) is 7. The number of nitro benzene ring substituents is 1. The molecule has 2 aromatic carbocycles. The molecule has 1 amide bonds. The molecule has 166 valence electrons. The Morgan fingerprint density at radius 1 is 1.28 bits per heavy atom. The van der Waals surface area contributed by atoms with E-state index in [4.69, 9.17) is 4.74 Å². The van der Waals surface area contributed by atoms with Gasteiger partial charge in [0.05, 0.1) is 29.5 Å². The highest BCUT2D eigenvalue weighted by Gasteiger charge is 2.31. The first-order valence-corrected chi connectivity index (χ1v) is 11.1. The fourth-order valence-corrected chi connectivity index (χ4v) is 4.15. The van der Waals surface area contributed by atoms with Crippen molar-refractivity contribution in [3.63, 3.8) is 0 Å². The third-order valence-corrected chi connectivity index (χ3v) is 6.26. The van der Waals surface area contributed by atoms with Crippen molar-refractivity contribution in [1.82, 2.24) is 14.8 Å². The van der Waals surface area contributed by atoms with Crippen LogP contribution in [0.15, 0.2) is 53.7 Å². The number of anilines is 1. The van der Waals surface area contributed by atoms with E-state index in [1.165, 1.54) is 37.1 Å². The lowest BCUT2D eigenvalue weighted by Crippen LogP contribution is -2.23. The molecule has 9 nitrogen and oxygen atoms in total. The number of rotatable bonds is 9. The predicted molar refractivity (Wildman–Crippen MR) is 121 cm³/mol. The maximum absolute atomic E-state index is 12.9. The van der Waals surface area contributed by atoms with Crippen molar-refractivity contribution in [2.45, 2.75) is 42.6 Å². The fraction of sp³-hybridized carbons (Fsp3) is 0.318. The van der Waals surface area contributed by atoms with Gasteiger partial charge in [0.2, 0.25) is 5.91 Å². The Labute approximate surface area is 189 Å². The van der Waals surface area contributed by atoms with E-state index in [9.17, 15) is 14.9 Å². The van der Waals surface area contributed by atoms with E-state index >= 15 is 0 Å². The standard InChI is InChI=1S/C22H23N5O4S/c1-14(21(28)23-18-12-17(27(29)30)10-11-19(18)31-2)32-22-25-24-20(16-8-9-16)26(22)13-15-6-4-3-5-7-15/h3-7,10-12,14,16H,8-9,13H2,1-2H3,(H,23,28). The minimum atomic E-state index is -0.515. The van der Waals surface area contributed by atoms with Gasteiger partial charge >= 0.3 is 0 Å². The highest BCUT2D eigenvalue weighted by atomic mass is 32.2. The Kier molecular flexibility index (Phi) is 6.40. The van der Waals surface area contributed by atoms with Gasteiger partial charge in [-0.2, -0.15) is 0 Å². The molecule has 0 spiro atoms. The number of non-ortho nitro benzene ring substituents is 1. The zero-order chi connectivity index (χ0) is 22.7. The zero-order valence-electron chi connectivity index (χ0n) is 17.7. The second-order valence-corrected chi connectivity index (χ2v) is 8.89. The van der Waals surface area contributed by atoms with Crippen LogP contribution in [0.2, 0.25) is 0 Å². The second-order valence-electron chi connectivity index (χ2n) is 7.58. The summed E-state index contributed by atoms with van der Waals surface area (Å²) in [4.78, 5) is 23.5. The van der Waals surface area contributed by atoms with E-state index in [2.05, 4.69) is 32.2 Å². The van der Waals surface area contributed by atoms with Crippen LogP contribution in [0.4, 0.5) is 11.4 Å². The van der Waals surface area contributed by atoms with Crippen molar-refractivity contribution in [2.75, 3.05) is 12.4 Å². The molecule has 0 saturated heterocycles. The molecule has 1 aliphatic rings. The van der Waals surface area contributed by atoms with Crippen LogP contribution >= 0.6 is 11.8 Å². The molecule has 10 heteroatoms. The number of carbonyl (C=O) groups is 1. The molecule has 3 aromatic rings. The second kappa shape index (κ2) is 9.39. The van der Waals surface area contributed by atoms with Gasteiger partial charge in [0.1, 0.15) is 11.6 Å². The number of nitrogens with zero attached hydrogens (tertiary/aromatic N) is 4. The first kappa shape index (κ1) is 21.8. The van der Waals surface area contributed by atoms with Crippen LogP contribution in [0.5, 0.6) is 5.75 Å². The SMILES string of the molecule is COc1ccc([N+](=O)[O-])cc1NC(=O)C(C)Sc1nnc(C2CC2)n1Cc1ccccc1. The Bertz CT molecular complexity index is 1130. The number of thioether (sulfide) groups is 1. The number of benzene rings is 2. The molecule has 32 heavy (non-hydrogen) atoms. The lowest BCUT2D eigenvalue weighted by Gasteiger charge is -2.15. The van der Waals surface area contributed by atoms with Crippen molar-refractivity contribution < 1.29 is 14.5 Å². The molecule has 4 rings (SSSR count). The van der Waals surface area contributed by atoms with Crippen LogP contribution < -0.4 is 10.1 Å². The Morgan fingerprint density at radius 3 is 2.69 bits per heavy atom. The van der Waals surface area contributed by atoms with Gasteiger partial charge in [-0.3, -0.25) is 14.9 Å². The number of methoxy groups -OCH3 is 1. The molecule has 0 bridgehead atoms. The number of carbonyl (C=O) groups excluding carboxylic acids is 1. The predicted octanol–water partition coefficient (Wildman–Crippen LogP) is 4.24. The summed E-state index contributed by atoms with van der Waals surface area (Å²) in [5.74, 6) is 1.41. The molecule has 0 radical (unpaired) electrons. The lowest BCUT2D eigenvalue weighted by molar-refractivity contribution is -0.384. The quantitative estimate of drug-likeness (QED) is 0.293. The topological polar surface area (TPSA) is 112 Å². The molecule has 1 aromatic heterocycles. The summed E-state index contributed by atoms with van der Waals surface area (Å²) >= 11 is 1.31. The molecule has 1 aliphatic carbocycles. The Morgan fingerprint density at radius 2 is 2.03 bits per heavy atom. The number of hydrogen-bond donors (Lipinski definition) is 1. The van der Waals surface area contributed by atoms with E-state index < -0.39 is 10.2 Å². The number of amides is 1. The number of aromatic nitrogens is 3. The average molecular weight is 454 g/mol. The molecule has 1 heterocycles. The van der Waals surface area contributed by atoms with Gasteiger partial charge in [-0.05, 0) is 31.4 Å². The van der Waals surface area contributed by atoms with Gasteiger partial charge in [-0.25, -0.2) is 0 Å². The van der Waals surface area contributed by atoms with Crippen LogP contribution in [0.3, 0.4) is 0 Å². The van der Waals surface area contributed by atoms with E-state index in [1.54, 1.807) is 6.92 Å². The largest absolute Gasteiger partial charge is 0.495 e. The summed E-state index contributed by atoms with van der Waals surface area (Å²) in [5, 5.41) is 22.7. The Hall–Kier alpha value is -3.40. The van der Waals surface area contributed by atoms with Gasteiger partial charge in [-0.15, -0.1) is 10.2 Å². The maximum atomic E-state index is 12.9. The van der Waals surface area contributed by atoms with E-state index in [0.29, 0.717) is 23.4 Å². The zero-order valence-corrected chi connectivity index (χ0v) is 18.5. The first-order valence-electron chi connectivity index (χ1n) is 10.2.